The molecular weight excluding hydrogens is 420 g/mol. The van der Waals surface area contributed by atoms with Gasteiger partial charge in [0.05, 0.1) is 5.60 Å². The number of hydrogen-bond acceptors (Lipinski definition) is 2. The molecule has 0 radical (unpaired) electrons. The zero-order valence-electron chi connectivity index (χ0n) is 20.8. The van der Waals surface area contributed by atoms with E-state index in [0.717, 1.165) is 32.1 Å². The molecule has 0 saturated heterocycles. The van der Waals surface area contributed by atoms with Crippen molar-refractivity contribution in [2.75, 3.05) is 6.61 Å². The van der Waals surface area contributed by atoms with E-state index in [2.05, 4.69) is 101 Å². The van der Waals surface area contributed by atoms with E-state index in [9.17, 15) is 5.11 Å². The molecule has 3 atom stereocenters. The molecule has 2 aliphatic rings. The molecule has 0 heterocycles. The van der Waals surface area contributed by atoms with Gasteiger partial charge in [0.25, 0.3) is 8.32 Å². The van der Waals surface area contributed by atoms with Gasteiger partial charge in [-0.1, -0.05) is 105 Å². The monoisotopic (exact) mass is 460 g/mol. The van der Waals surface area contributed by atoms with Gasteiger partial charge in [-0.15, -0.1) is 0 Å². The average molecular weight is 461 g/mol. The van der Waals surface area contributed by atoms with Crippen molar-refractivity contribution in [2.24, 2.45) is 11.8 Å². The number of aliphatic hydroxyl groups is 1. The minimum absolute atomic E-state index is 0.0304. The normalized spacial score (nSPS) is 26.0. The molecule has 2 aliphatic carbocycles. The summed E-state index contributed by atoms with van der Waals surface area (Å²) in [4.78, 5) is 0. The summed E-state index contributed by atoms with van der Waals surface area (Å²) in [5.74, 6) is 0.397. The molecule has 1 fully saturated rings. The van der Waals surface area contributed by atoms with E-state index >= 15 is 0 Å². The molecule has 0 aromatic heterocycles. The Bertz CT molecular complexity index is 949. The molecule has 2 aromatic carbocycles. The van der Waals surface area contributed by atoms with E-state index in [0.29, 0.717) is 6.61 Å². The van der Waals surface area contributed by atoms with Gasteiger partial charge >= 0.3 is 0 Å². The van der Waals surface area contributed by atoms with Gasteiger partial charge in [-0.25, -0.2) is 0 Å². The van der Waals surface area contributed by atoms with E-state index in [4.69, 9.17) is 4.43 Å². The van der Waals surface area contributed by atoms with Crippen LogP contribution >= 0.6 is 0 Å². The summed E-state index contributed by atoms with van der Waals surface area (Å²) >= 11 is 0. The lowest BCUT2D eigenvalue weighted by atomic mass is 9.61. The number of rotatable bonds is 6. The Morgan fingerprint density at radius 3 is 2.09 bits per heavy atom. The molecule has 0 amide bonds. The second-order valence-electron chi connectivity index (χ2n) is 11.2. The third-order valence-corrected chi connectivity index (χ3v) is 13.1. The fourth-order valence-electron chi connectivity index (χ4n) is 6.36. The number of allylic oxidation sites excluding steroid dienone is 1. The molecule has 2 aromatic rings. The first-order chi connectivity index (χ1) is 15.7. The predicted molar refractivity (Wildman–Crippen MR) is 141 cm³/mol. The highest BCUT2D eigenvalue weighted by molar-refractivity contribution is 6.99. The maximum atomic E-state index is 11.8. The molecule has 0 unspecified atom stereocenters. The van der Waals surface area contributed by atoms with Crippen LogP contribution in [0.5, 0.6) is 0 Å². The molecule has 0 aliphatic heterocycles. The van der Waals surface area contributed by atoms with Gasteiger partial charge in [-0.05, 0) is 60.4 Å². The van der Waals surface area contributed by atoms with E-state index in [-0.39, 0.29) is 16.9 Å². The van der Waals surface area contributed by atoms with Gasteiger partial charge < -0.3 is 9.53 Å². The summed E-state index contributed by atoms with van der Waals surface area (Å²) in [6, 6.07) is 21.7. The van der Waals surface area contributed by atoms with Crippen LogP contribution in [-0.2, 0) is 4.43 Å². The molecule has 1 saturated carbocycles. The highest BCUT2D eigenvalue weighted by Gasteiger charge is 2.51. The fourth-order valence-corrected chi connectivity index (χ4v) is 10.9. The van der Waals surface area contributed by atoms with Crippen molar-refractivity contribution in [1.29, 1.82) is 0 Å². The molecule has 4 rings (SSSR count). The minimum Gasteiger partial charge on any atom is -0.407 e. The van der Waals surface area contributed by atoms with Crippen LogP contribution in [-0.4, -0.2) is 25.6 Å². The van der Waals surface area contributed by atoms with E-state index < -0.39 is 13.9 Å². The number of benzene rings is 2. The topological polar surface area (TPSA) is 29.5 Å². The van der Waals surface area contributed by atoms with Crippen molar-refractivity contribution >= 4 is 18.7 Å². The Morgan fingerprint density at radius 2 is 1.55 bits per heavy atom. The molecule has 0 bridgehead atoms. The van der Waals surface area contributed by atoms with Crippen LogP contribution in [0.4, 0.5) is 0 Å². The summed E-state index contributed by atoms with van der Waals surface area (Å²) in [6.07, 6.45) is 7.11. The fraction of sp³-hybridized carbons (Fsp3) is 0.467. The maximum Gasteiger partial charge on any atom is 0.261 e. The number of fused-ring (bicyclic) bond motifs is 1. The third-order valence-electron chi connectivity index (χ3n) is 8.03. The van der Waals surface area contributed by atoms with Crippen molar-refractivity contribution in [3.05, 3.63) is 84.5 Å². The quantitative estimate of drug-likeness (QED) is 0.423. The molecule has 2 nitrogen and oxygen atoms in total. The Labute approximate surface area is 201 Å². The van der Waals surface area contributed by atoms with Crippen molar-refractivity contribution < 1.29 is 9.53 Å². The first kappa shape index (κ1) is 24.2. The Kier molecular flexibility index (Phi) is 6.86. The number of hydrogen-bond donors (Lipinski definition) is 1. The van der Waals surface area contributed by atoms with Crippen molar-refractivity contribution in [3.8, 4) is 0 Å². The zero-order valence-corrected chi connectivity index (χ0v) is 21.8. The van der Waals surface area contributed by atoms with Crippen LogP contribution in [0.1, 0.15) is 59.8 Å². The van der Waals surface area contributed by atoms with Crippen LogP contribution in [0.3, 0.4) is 0 Å². The summed E-state index contributed by atoms with van der Waals surface area (Å²) in [5.41, 5.74) is 1.76. The highest BCUT2D eigenvalue weighted by atomic mass is 28.4. The Morgan fingerprint density at radius 1 is 0.970 bits per heavy atom. The van der Waals surface area contributed by atoms with E-state index in [1.807, 2.05) is 0 Å². The summed E-state index contributed by atoms with van der Waals surface area (Å²) in [7, 11) is -2.54. The summed E-state index contributed by atoms with van der Waals surface area (Å²) < 4.78 is 7.13. The van der Waals surface area contributed by atoms with Crippen molar-refractivity contribution in [3.63, 3.8) is 0 Å². The molecule has 1 N–H and O–H groups in total. The third kappa shape index (κ3) is 4.43. The molecule has 0 spiro atoms. The van der Waals surface area contributed by atoms with Gasteiger partial charge in [0, 0.05) is 12.5 Å². The second kappa shape index (κ2) is 9.36. The van der Waals surface area contributed by atoms with Crippen LogP contribution in [0.2, 0.25) is 5.04 Å². The molecule has 3 heteroatoms. The van der Waals surface area contributed by atoms with E-state index in [1.165, 1.54) is 21.5 Å². The van der Waals surface area contributed by atoms with Crippen molar-refractivity contribution in [2.45, 2.75) is 70.4 Å². The maximum absolute atomic E-state index is 11.8. The summed E-state index contributed by atoms with van der Waals surface area (Å²) in [5, 5.41) is 14.4. The average Bonchev–Trinajstić information content (AvgIpc) is 2.78. The lowest BCUT2D eigenvalue weighted by molar-refractivity contribution is -0.0469. The van der Waals surface area contributed by atoms with Crippen LogP contribution in [0.25, 0.3) is 0 Å². The summed E-state index contributed by atoms with van der Waals surface area (Å²) in [6.45, 7) is 14.1. The van der Waals surface area contributed by atoms with Gasteiger partial charge in [0.2, 0.25) is 0 Å². The SMILES string of the molecule is C=C1CC[C@H](CCO[Si](c2ccccc2)(c2ccccc2)C(C)(C)C)[C@@]2(O)C=C(C)CC[C@H]12. The van der Waals surface area contributed by atoms with Crippen LogP contribution < -0.4 is 10.4 Å². The van der Waals surface area contributed by atoms with Gasteiger partial charge in [-0.2, -0.15) is 0 Å². The van der Waals surface area contributed by atoms with Crippen LogP contribution in [0.15, 0.2) is 84.5 Å². The smallest absolute Gasteiger partial charge is 0.261 e. The van der Waals surface area contributed by atoms with Crippen LogP contribution in [0, 0.1) is 11.8 Å². The standard InChI is InChI=1S/C30H40O2Si/c1-23-16-19-28-24(2)17-18-25(30(28,31)22-23)20-21-32-33(29(3,4)5,26-12-8-6-9-13-26)27-14-10-7-11-15-27/h6-15,22,25,28,31H,2,16-21H2,1,3-5H3/t25-,28-,30+/m1/s1. The molecule has 176 valence electrons. The highest BCUT2D eigenvalue weighted by Crippen LogP contribution is 2.49. The minimum atomic E-state index is -2.54. The zero-order chi connectivity index (χ0) is 23.7. The Hall–Kier alpha value is -1.94. The predicted octanol–water partition coefficient (Wildman–Crippen LogP) is 6.01. The van der Waals surface area contributed by atoms with Crippen molar-refractivity contribution in [1.82, 2.24) is 0 Å². The first-order valence-corrected chi connectivity index (χ1v) is 14.4. The molecule has 33 heavy (non-hydrogen) atoms. The van der Waals surface area contributed by atoms with Gasteiger partial charge in [0.1, 0.15) is 0 Å². The Balaban J connectivity index is 1.65. The van der Waals surface area contributed by atoms with E-state index in [1.54, 1.807) is 0 Å². The molecular formula is C30H40O2Si. The lowest BCUT2D eigenvalue weighted by Gasteiger charge is -2.49. The largest absolute Gasteiger partial charge is 0.407 e. The van der Waals surface area contributed by atoms with Gasteiger partial charge in [0.15, 0.2) is 0 Å². The second-order valence-corrected chi connectivity index (χ2v) is 15.5. The lowest BCUT2D eigenvalue weighted by Crippen LogP contribution is -2.66. The van der Waals surface area contributed by atoms with Gasteiger partial charge in [-0.3, -0.25) is 0 Å². The first-order valence-electron chi connectivity index (χ1n) is 12.5.